The van der Waals surface area contributed by atoms with Crippen LogP contribution in [0, 0.1) is 0 Å². The van der Waals surface area contributed by atoms with Crippen LogP contribution in [0.3, 0.4) is 0 Å². The zero-order chi connectivity index (χ0) is 15.5. The summed E-state index contributed by atoms with van der Waals surface area (Å²) in [7, 11) is 1.71. The van der Waals surface area contributed by atoms with Gasteiger partial charge >= 0.3 is 5.97 Å². The lowest BCUT2D eigenvalue weighted by molar-refractivity contribution is -0.140. The van der Waals surface area contributed by atoms with Crippen molar-refractivity contribution >= 4 is 27.8 Å². The van der Waals surface area contributed by atoms with Gasteiger partial charge in [-0.25, -0.2) is 0 Å². The van der Waals surface area contributed by atoms with Gasteiger partial charge in [0.15, 0.2) is 0 Å². The van der Waals surface area contributed by atoms with Crippen molar-refractivity contribution in [3.05, 3.63) is 28.5 Å². The van der Waals surface area contributed by atoms with Gasteiger partial charge in [-0.2, -0.15) is 0 Å². The number of pyridine rings is 1. The Kier molecular flexibility index (Phi) is 4.98. The van der Waals surface area contributed by atoms with E-state index in [1.165, 1.54) is 6.20 Å². The molecule has 6 heteroatoms. The molecule has 114 valence electrons. The Morgan fingerprint density at radius 2 is 2.00 bits per heavy atom. The lowest BCUT2D eigenvalue weighted by Gasteiger charge is -2.43. The molecule has 0 spiro atoms. The van der Waals surface area contributed by atoms with Gasteiger partial charge in [-0.1, -0.05) is 19.3 Å². The minimum atomic E-state index is -0.857. The number of hydrogen-bond donors (Lipinski definition) is 1. The second-order valence-corrected chi connectivity index (χ2v) is 6.53. The normalized spacial score (nSPS) is 17.2. The molecule has 0 radical (unpaired) electrons. The molecule has 0 atom stereocenters. The van der Waals surface area contributed by atoms with Gasteiger partial charge < -0.3 is 10.0 Å². The van der Waals surface area contributed by atoms with Crippen LogP contribution in [0.25, 0.3) is 0 Å². The number of amides is 1. The van der Waals surface area contributed by atoms with Crippen molar-refractivity contribution < 1.29 is 14.7 Å². The predicted octanol–water partition coefficient (Wildman–Crippen LogP) is 3.09. The van der Waals surface area contributed by atoms with Gasteiger partial charge in [0.25, 0.3) is 5.91 Å². The molecule has 0 bridgehead atoms. The molecule has 1 aromatic rings. The van der Waals surface area contributed by atoms with Crippen molar-refractivity contribution in [3.8, 4) is 0 Å². The highest BCUT2D eigenvalue weighted by Gasteiger charge is 2.40. The van der Waals surface area contributed by atoms with E-state index >= 15 is 0 Å². The lowest BCUT2D eigenvalue weighted by atomic mass is 9.78. The molecule has 1 aromatic heterocycles. The Balaban J connectivity index is 2.27. The number of aromatic nitrogens is 1. The Bertz CT molecular complexity index is 541. The molecule has 1 amide bonds. The van der Waals surface area contributed by atoms with Gasteiger partial charge in [0.1, 0.15) is 0 Å². The highest BCUT2D eigenvalue weighted by Crippen LogP contribution is 2.36. The predicted molar refractivity (Wildman–Crippen MR) is 82.1 cm³/mol. The van der Waals surface area contributed by atoms with E-state index < -0.39 is 11.5 Å². The number of aliphatic carboxylic acids is 1. The van der Waals surface area contributed by atoms with E-state index in [1.54, 1.807) is 24.2 Å². The van der Waals surface area contributed by atoms with Gasteiger partial charge in [0, 0.05) is 23.9 Å². The Morgan fingerprint density at radius 1 is 1.33 bits per heavy atom. The quantitative estimate of drug-likeness (QED) is 0.901. The first-order valence-electron chi connectivity index (χ1n) is 7.05. The molecule has 1 aliphatic carbocycles. The summed E-state index contributed by atoms with van der Waals surface area (Å²) in [5.74, 6) is -1.03. The molecule has 1 aliphatic rings. The van der Waals surface area contributed by atoms with E-state index in [-0.39, 0.29) is 12.3 Å². The first-order valence-corrected chi connectivity index (χ1v) is 7.84. The molecule has 2 rings (SSSR count). The highest BCUT2D eigenvalue weighted by molar-refractivity contribution is 9.10. The Hall–Kier alpha value is -1.43. The summed E-state index contributed by atoms with van der Waals surface area (Å²) in [5, 5.41) is 9.22. The van der Waals surface area contributed by atoms with Gasteiger partial charge in [-0.05, 0) is 34.8 Å². The average Bonchev–Trinajstić information content (AvgIpc) is 2.46. The van der Waals surface area contributed by atoms with Crippen molar-refractivity contribution in [2.24, 2.45) is 0 Å². The third-order valence-electron chi connectivity index (χ3n) is 4.23. The van der Waals surface area contributed by atoms with E-state index in [1.807, 2.05) is 0 Å². The summed E-state index contributed by atoms with van der Waals surface area (Å²) in [6, 6.07) is 1.71. The first-order chi connectivity index (χ1) is 9.94. The maximum Gasteiger partial charge on any atom is 0.305 e. The molecule has 1 saturated carbocycles. The number of carboxylic acids is 1. The summed E-state index contributed by atoms with van der Waals surface area (Å²) >= 11 is 3.30. The first kappa shape index (κ1) is 15.9. The SMILES string of the molecule is CN(C(=O)c1cncc(Br)c1)C1(CC(=O)O)CCCCC1. The minimum Gasteiger partial charge on any atom is -0.481 e. The van der Waals surface area contributed by atoms with Gasteiger partial charge in [-0.3, -0.25) is 14.6 Å². The van der Waals surface area contributed by atoms with Crippen molar-refractivity contribution in [1.29, 1.82) is 0 Å². The van der Waals surface area contributed by atoms with Gasteiger partial charge in [0.05, 0.1) is 17.5 Å². The molecular formula is C15H19BrN2O3. The molecule has 1 N–H and O–H groups in total. The molecule has 0 saturated heterocycles. The van der Waals surface area contributed by atoms with Crippen molar-refractivity contribution in [1.82, 2.24) is 9.88 Å². The van der Waals surface area contributed by atoms with Crippen molar-refractivity contribution in [2.45, 2.75) is 44.1 Å². The number of hydrogen-bond acceptors (Lipinski definition) is 3. The standard InChI is InChI=1S/C15H19BrN2O3/c1-18(14(21)11-7-12(16)10-17-9-11)15(8-13(19)20)5-3-2-4-6-15/h7,9-10H,2-6,8H2,1H3,(H,19,20). The summed E-state index contributed by atoms with van der Waals surface area (Å²) in [6.07, 6.45) is 7.62. The zero-order valence-corrected chi connectivity index (χ0v) is 13.6. The summed E-state index contributed by atoms with van der Waals surface area (Å²) in [4.78, 5) is 29.5. The monoisotopic (exact) mass is 354 g/mol. The maximum absolute atomic E-state index is 12.7. The molecule has 21 heavy (non-hydrogen) atoms. The van der Waals surface area contributed by atoms with Crippen LogP contribution in [-0.2, 0) is 4.79 Å². The zero-order valence-electron chi connectivity index (χ0n) is 12.0. The third-order valence-corrected chi connectivity index (χ3v) is 4.67. The number of carbonyl (C=O) groups excluding carboxylic acids is 1. The second-order valence-electron chi connectivity index (χ2n) is 5.61. The number of nitrogens with zero attached hydrogens (tertiary/aromatic N) is 2. The maximum atomic E-state index is 12.7. The molecule has 1 heterocycles. The van der Waals surface area contributed by atoms with E-state index in [4.69, 9.17) is 0 Å². The number of carboxylic acid groups (broad SMARTS) is 1. The van der Waals surface area contributed by atoms with Crippen LogP contribution >= 0.6 is 15.9 Å². The number of rotatable bonds is 4. The van der Waals surface area contributed by atoms with E-state index in [0.717, 1.165) is 36.6 Å². The average molecular weight is 355 g/mol. The Morgan fingerprint density at radius 3 is 2.57 bits per heavy atom. The molecule has 0 unspecified atom stereocenters. The topological polar surface area (TPSA) is 70.5 Å². The van der Waals surface area contributed by atoms with Crippen LogP contribution in [0.1, 0.15) is 48.9 Å². The summed E-state index contributed by atoms with van der Waals surface area (Å²) in [5.41, 5.74) is -0.106. The fraction of sp³-hybridized carbons (Fsp3) is 0.533. The summed E-state index contributed by atoms with van der Waals surface area (Å²) < 4.78 is 0.734. The van der Waals surface area contributed by atoms with Gasteiger partial charge in [-0.15, -0.1) is 0 Å². The minimum absolute atomic E-state index is 0.00330. The second kappa shape index (κ2) is 6.56. The Labute approximate surface area is 132 Å². The summed E-state index contributed by atoms with van der Waals surface area (Å²) in [6.45, 7) is 0. The molecule has 1 fully saturated rings. The van der Waals surface area contributed by atoms with Gasteiger partial charge in [0.2, 0.25) is 0 Å². The highest BCUT2D eigenvalue weighted by atomic mass is 79.9. The van der Waals surface area contributed by atoms with Crippen molar-refractivity contribution in [3.63, 3.8) is 0 Å². The van der Waals surface area contributed by atoms with Crippen LogP contribution in [0.2, 0.25) is 0 Å². The van der Waals surface area contributed by atoms with E-state index in [0.29, 0.717) is 5.56 Å². The van der Waals surface area contributed by atoms with E-state index in [9.17, 15) is 14.7 Å². The van der Waals surface area contributed by atoms with Crippen LogP contribution < -0.4 is 0 Å². The van der Waals surface area contributed by atoms with Crippen LogP contribution in [0.15, 0.2) is 22.9 Å². The fourth-order valence-electron chi connectivity index (χ4n) is 3.06. The number of carbonyl (C=O) groups is 2. The molecule has 0 aromatic carbocycles. The lowest BCUT2D eigenvalue weighted by Crippen LogP contribution is -2.52. The molecule has 0 aliphatic heterocycles. The number of halogens is 1. The third kappa shape index (κ3) is 3.61. The van der Waals surface area contributed by atoms with Crippen molar-refractivity contribution in [2.75, 3.05) is 7.05 Å². The van der Waals surface area contributed by atoms with Crippen LogP contribution in [-0.4, -0.2) is 39.5 Å². The molecule has 5 nitrogen and oxygen atoms in total. The largest absolute Gasteiger partial charge is 0.481 e. The van der Waals surface area contributed by atoms with Crippen LogP contribution in [0.5, 0.6) is 0 Å². The van der Waals surface area contributed by atoms with E-state index in [2.05, 4.69) is 20.9 Å². The molecular weight excluding hydrogens is 336 g/mol. The fourth-order valence-corrected chi connectivity index (χ4v) is 3.42. The van der Waals surface area contributed by atoms with Crippen LogP contribution in [0.4, 0.5) is 0 Å². The smallest absolute Gasteiger partial charge is 0.305 e.